The van der Waals surface area contributed by atoms with E-state index in [0.29, 0.717) is 5.56 Å². The molecule has 0 aliphatic carbocycles. The van der Waals surface area contributed by atoms with Crippen LogP contribution in [0.5, 0.6) is 23.0 Å². The third-order valence-electron chi connectivity index (χ3n) is 8.02. The molecule has 3 aliphatic heterocycles. The van der Waals surface area contributed by atoms with Gasteiger partial charge in [0.25, 0.3) is 0 Å². The van der Waals surface area contributed by atoms with E-state index in [1.165, 1.54) is 25.3 Å². The quantitative estimate of drug-likeness (QED) is 0.128. The van der Waals surface area contributed by atoms with Crippen molar-refractivity contribution in [2.45, 2.75) is 86.6 Å². The highest BCUT2D eigenvalue weighted by Gasteiger charge is 2.49. The number of phenolic OH excluding ortho intramolecular Hbond substituents is 1. The molecule has 3 heterocycles. The number of carboxylic acids is 2. The van der Waals surface area contributed by atoms with Crippen molar-refractivity contribution in [3.8, 4) is 23.0 Å². The fourth-order valence-corrected chi connectivity index (χ4v) is 5.50. The minimum absolute atomic E-state index is 0.00634. The lowest BCUT2D eigenvalue weighted by molar-refractivity contribution is -0.271. The molecule has 18 nitrogen and oxygen atoms in total. The van der Waals surface area contributed by atoms with Gasteiger partial charge in [-0.1, -0.05) is 12.1 Å². The Labute approximate surface area is 265 Å². The van der Waals surface area contributed by atoms with Crippen LogP contribution in [0, 0.1) is 0 Å². The molecule has 2 aromatic carbocycles. The third-order valence-corrected chi connectivity index (χ3v) is 8.02. The molecule has 2 saturated heterocycles. The van der Waals surface area contributed by atoms with E-state index >= 15 is 0 Å². The molecule has 258 valence electrons. The van der Waals surface area contributed by atoms with Gasteiger partial charge < -0.3 is 79.5 Å². The molecule has 12 atom stereocenters. The van der Waals surface area contributed by atoms with Gasteiger partial charge in [-0.2, -0.15) is 0 Å². The van der Waals surface area contributed by atoms with Gasteiger partial charge >= 0.3 is 11.9 Å². The number of ether oxygens (including phenoxy) is 6. The van der Waals surface area contributed by atoms with Gasteiger partial charge in [-0.15, -0.1) is 0 Å². The van der Waals surface area contributed by atoms with Crippen LogP contribution in [0.25, 0.3) is 0 Å². The van der Waals surface area contributed by atoms with E-state index in [1.807, 2.05) is 0 Å². The zero-order chi connectivity index (χ0) is 34.3. The highest BCUT2D eigenvalue weighted by Crippen LogP contribution is 2.43. The van der Waals surface area contributed by atoms with Crippen molar-refractivity contribution in [2.75, 3.05) is 7.11 Å². The molecule has 18 heteroatoms. The molecule has 0 saturated carbocycles. The predicted octanol–water partition coefficient (Wildman–Crippen LogP) is -2.88. The summed E-state index contributed by atoms with van der Waals surface area (Å²) in [5.41, 5.74) is 0.844. The van der Waals surface area contributed by atoms with Crippen LogP contribution in [0.4, 0.5) is 0 Å². The fraction of sp³-hybridized carbons (Fsp3) is 0.517. The topological polar surface area (TPSA) is 292 Å². The van der Waals surface area contributed by atoms with E-state index in [9.17, 15) is 60.7 Å². The van der Waals surface area contributed by atoms with Crippen LogP contribution in [0.3, 0.4) is 0 Å². The van der Waals surface area contributed by atoms with Crippen molar-refractivity contribution in [2.24, 2.45) is 0 Å². The summed E-state index contributed by atoms with van der Waals surface area (Å²) in [4.78, 5) is 23.0. The van der Waals surface area contributed by atoms with E-state index < -0.39 is 91.3 Å². The number of benzene rings is 2. The van der Waals surface area contributed by atoms with Gasteiger partial charge in [0.15, 0.2) is 12.2 Å². The van der Waals surface area contributed by atoms with Gasteiger partial charge in [-0.25, -0.2) is 9.59 Å². The van der Waals surface area contributed by atoms with Gasteiger partial charge in [-0.3, -0.25) is 0 Å². The van der Waals surface area contributed by atoms with Crippen molar-refractivity contribution in [1.82, 2.24) is 0 Å². The Bertz CT molecular complexity index is 1470. The highest BCUT2D eigenvalue weighted by atomic mass is 16.7. The Balaban J connectivity index is 1.40. The average Bonchev–Trinajstić information content (AvgIpc) is 3.02. The zero-order valence-electron chi connectivity index (χ0n) is 24.5. The summed E-state index contributed by atoms with van der Waals surface area (Å²) in [5.74, 6) is -3.82. The Morgan fingerprint density at radius 1 is 0.787 bits per heavy atom. The number of fused-ring (bicyclic) bond motifs is 1. The summed E-state index contributed by atoms with van der Waals surface area (Å²) in [5, 5.41) is 101. The normalized spacial score (nSPS) is 35.3. The Kier molecular flexibility index (Phi) is 10.1. The second-order valence-corrected chi connectivity index (χ2v) is 11.2. The minimum atomic E-state index is -1.95. The standard InChI is InChI=1S/C29H34O18/c1-42-8-10-3-2-9(4-15(10)45-29-22(37)18(33)20(35)25(47-29)27(40)41)23-14(31)7-12-13(30)5-11(6-16(12)44-23)43-28-21(36)17(32)19(34)24(46-28)26(38)39/h2-6,14,17-25,28-37H,7-8H2,1H3,(H,38,39)(H,40,41). The van der Waals surface area contributed by atoms with Crippen LogP contribution in [-0.4, -0.2) is 138 Å². The van der Waals surface area contributed by atoms with Gasteiger partial charge in [0.1, 0.15) is 65.7 Å². The van der Waals surface area contributed by atoms with E-state index in [1.54, 1.807) is 6.07 Å². The molecule has 3 aliphatic rings. The van der Waals surface area contributed by atoms with E-state index in [4.69, 9.17) is 28.4 Å². The lowest BCUT2D eigenvalue weighted by atomic mass is 9.93. The molecule has 2 fully saturated rings. The number of rotatable bonds is 9. The van der Waals surface area contributed by atoms with Crippen LogP contribution < -0.4 is 14.2 Å². The van der Waals surface area contributed by atoms with E-state index in [2.05, 4.69) is 0 Å². The number of aliphatic hydroxyl groups excluding tert-OH is 7. The second kappa shape index (κ2) is 13.7. The zero-order valence-corrected chi connectivity index (χ0v) is 24.5. The molecule has 12 unspecified atom stereocenters. The van der Waals surface area contributed by atoms with Gasteiger partial charge in [0.05, 0.1) is 12.7 Å². The number of methoxy groups -OCH3 is 1. The summed E-state index contributed by atoms with van der Waals surface area (Å²) in [6.07, 6.45) is -21.3. The second-order valence-electron chi connectivity index (χ2n) is 11.2. The van der Waals surface area contributed by atoms with Crippen LogP contribution in [0.2, 0.25) is 0 Å². The van der Waals surface area contributed by atoms with Crippen molar-refractivity contribution < 1.29 is 89.1 Å². The number of carbonyl (C=O) groups is 2. The fourth-order valence-electron chi connectivity index (χ4n) is 5.50. The summed E-state index contributed by atoms with van der Waals surface area (Å²) in [7, 11) is 1.39. The summed E-state index contributed by atoms with van der Waals surface area (Å²) < 4.78 is 32.8. The Morgan fingerprint density at radius 3 is 1.91 bits per heavy atom. The largest absolute Gasteiger partial charge is 0.507 e. The van der Waals surface area contributed by atoms with E-state index in [0.717, 1.165) is 6.07 Å². The number of aliphatic carboxylic acids is 2. The monoisotopic (exact) mass is 670 g/mol. The highest BCUT2D eigenvalue weighted by molar-refractivity contribution is 5.74. The first-order chi connectivity index (χ1) is 22.2. The first kappa shape index (κ1) is 34.5. The van der Waals surface area contributed by atoms with Crippen molar-refractivity contribution in [1.29, 1.82) is 0 Å². The molecule has 0 radical (unpaired) electrons. The minimum Gasteiger partial charge on any atom is -0.507 e. The summed E-state index contributed by atoms with van der Waals surface area (Å²) >= 11 is 0. The molecule has 0 amide bonds. The first-order valence-electron chi connectivity index (χ1n) is 14.2. The summed E-state index contributed by atoms with van der Waals surface area (Å²) in [6.45, 7) is -0.0268. The smallest absolute Gasteiger partial charge is 0.335 e. The molecular weight excluding hydrogens is 636 g/mol. The van der Waals surface area contributed by atoms with Gasteiger partial charge in [0, 0.05) is 36.8 Å². The average molecular weight is 671 g/mol. The molecular formula is C29H34O18. The number of aliphatic hydroxyl groups is 7. The maximum Gasteiger partial charge on any atom is 0.335 e. The van der Waals surface area contributed by atoms with E-state index in [-0.39, 0.29) is 41.4 Å². The van der Waals surface area contributed by atoms with Gasteiger partial charge in [-0.05, 0) is 11.6 Å². The lowest BCUT2D eigenvalue weighted by Crippen LogP contribution is -2.61. The van der Waals surface area contributed by atoms with Crippen LogP contribution in [0.1, 0.15) is 22.8 Å². The number of aromatic hydroxyl groups is 1. The Hall–Kier alpha value is -3.82. The molecule has 47 heavy (non-hydrogen) atoms. The maximum atomic E-state index is 11.5. The number of hydrogen-bond acceptors (Lipinski definition) is 16. The first-order valence-corrected chi connectivity index (χ1v) is 14.2. The molecule has 5 rings (SSSR count). The number of carboxylic acid groups (broad SMARTS) is 2. The van der Waals surface area contributed by atoms with Crippen LogP contribution in [0.15, 0.2) is 30.3 Å². The van der Waals surface area contributed by atoms with Crippen LogP contribution >= 0.6 is 0 Å². The molecule has 0 aromatic heterocycles. The third kappa shape index (κ3) is 6.79. The molecule has 0 spiro atoms. The number of phenols is 1. The number of hydrogen-bond donors (Lipinski definition) is 10. The predicted molar refractivity (Wildman–Crippen MR) is 148 cm³/mol. The lowest BCUT2D eigenvalue weighted by Gasteiger charge is -2.39. The molecule has 2 aromatic rings. The SMILES string of the molecule is COCc1ccc(C2Oc3cc(OC4OC(C(=O)O)C(O)C(O)C4O)cc(O)c3CC2O)cc1OC1OC(C(=O)O)C(O)C(O)C1O. The Morgan fingerprint density at radius 2 is 1.36 bits per heavy atom. The summed E-state index contributed by atoms with van der Waals surface area (Å²) in [6, 6.07) is 6.84. The van der Waals surface area contributed by atoms with Crippen molar-refractivity contribution in [3.05, 3.63) is 47.0 Å². The molecule has 0 bridgehead atoms. The van der Waals surface area contributed by atoms with Gasteiger partial charge in [0.2, 0.25) is 12.6 Å². The van der Waals surface area contributed by atoms with Crippen molar-refractivity contribution >= 4 is 11.9 Å². The van der Waals surface area contributed by atoms with Crippen LogP contribution in [-0.2, 0) is 36.8 Å². The van der Waals surface area contributed by atoms with Crippen molar-refractivity contribution in [3.63, 3.8) is 0 Å². The molecule has 10 N–H and O–H groups in total. The maximum absolute atomic E-state index is 11.5.